The molecule has 2 aromatic rings. The van der Waals surface area contributed by atoms with Crippen molar-refractivity contribution in [3.8, 4) is 0 Å². The third kappa shape index (κ3) is 3.31. The second kappa shape index (κ2) is 6.44. The summed E-state index contributed by atoms with van der Waals surface area (Å²) in [5.41, 5.74) is 7.90. The van der Waals surface area contributed by atoms with Crippen LogP contribution in [0.4, 0.5) is 11.4 Å². The summed E-state index contributed by atoms with van der Waals surface area (Å²) in [7, 11) is 0. The quantitative estimate of drug-likeness (QED) is 0.834. The minimum Gasteiger partial charge on any atom is -0.397 e. The van der Waals surface area contributed by atoms with Gasteiger partial charge in [-0.1, -0.05) is 48.9 Å². The largest absolute Gasteiger partial charge is 0.397 e. The molecule has 2 aromatic carbocycles. The number of benzene rings is 2. The van der Waals surface area contributed by atoms with E-state index in [0.29, 0.717) is 16.4 Å². The lowest BCUT2D eigenvalue weighted by Gasteiger charge is -2.16. The van der Waals surface area contributed by atoms with Gasteiger partial charge in [-0.25, -0.2) is 0 Å². The van der Waals surface area contributed by atoms with Crippen LogP contribution in [0.5, 0.6) is 0 Å². The Morgan fingerprint density at radius 1 is 1.25 bits per heavy atom. The molecule has 0 saturated carbocycles. The molecule has 1 unspecified atom stereocenters. The normalized spacial score (nSPS) is 11.9. The van der Waals surface area contributed by atoms with Crippen molar-refractivity contribution in [1.82, 2.24) is 0 Å². The van der Waals surface area contributed by atoms with E-state index >= 15 is 0 Å². The smallest absolute Gasteiger partial charge is 0.231 e. The Morgan fingerprint density at radius 2 is 1.95 bits per heavy atom. The van der Waals surface area contributed by atoms with Crippen LogP contribution < -0.4 is 11.1 Å². The van der Waals surface area contributed by atoms with Gasteiger partial charge < -0.3 is 11.1 Å². The lowest BCUT2D eigenvalue weighted by Crippen LogP contribution is -2.21. The number of anilines is 2. The number of amides is 1. The topological polar surface area (TPSA) is 55.1 Å². The number of nitrogen functional groups attached to an aromatic ring is 1. The number of rotatable bonds is 4. The summed E-state index contributed by atoms with van der Waals surface area (Å²) in [5.74, 6) is -0.276. The molecule has 1 atom stereocenters. The zero-order chi connectivity index (χ0) is 14.5. The standard InChI is InChI=1S/C16H17ClN2O/c1-2-13(11-6-4-3-5-7-11)16(20)19-15-10-12(17)8-9-14(15)18/h3-10,13H,2,18H2,1H3,(H,19,20). The Balaban J connectivity index is 2.20. The van der Waals surface area contributed by atoms with Gasteiger partial charge in [0, 0.05) is 5.02 Å². The molecule has 4 heteroatoms. The van der Waals surface area contributed by atoms with Gasteiger partial charge in [0.25, 0.3) is 0 Å². The zero-order valence-electron chi connectivity index (χ0n) is 11.3. The molecule has 0 radical (unpaired) electrons. The zero-order valence-corrected chi connectivity index (χ0v) is 12.0. The van der Waals surface area contributed by atoms with Crippen molar-refractivity contribution < 1.29 is 4.79 Å². The van der Waals surface area contributed by atoms with Crippen molar-refractivity contribution >= 4 is 28.9 Å². The Labute approximate surface area is 123 Å². The number of halogens is 1. The van der Waals surface area contributed by atoms with Gasteiger partial charge in [-0.3, -0.25) is 4.79 Å². The first-order valence-corrected chi connectivity index (χ1v) is 6.90. The van der Waals surface area contributed by atoms with Gasteiger partial charge in [0.05, 0.1) is 17.3 Å². The van der Waals surface area contributed by atoms with Crippen LogP contribution in [-0.2, 0) is 4.79 Å². The Bertz CT molecular complexity index is 599. The molecule has 2 rings (SSSR count). The van der Waals surface area contributed by atoms with Crippen LogP contribution in [0.3, 0.4) is 0 Å². The van der Waals surface area contributed by atoms with E-state index < -0.39 is 0 Å². The number of hydrogen-bond donors (Lipinski definition) is 2. The fourth-order valence-electron chi connectivity index (χ4n) is 2.11. The van der Waals surface area contributed by atoms with Crippen molar-refractivity contribution in [1.29, 1.82) is 0 Å². The van der Waals surface area contributed by atoms with Gasteiger partial charge in [0.1, 0.15) is 0 Å². The van der Waals surface area contributed by atoms with E-state index in [9.17, 15) is 4.79 Å². The highest BCUT2D eigenvalue weighted by molar-refractivity contribution is 6.31. The average Bonchev–Trinajstić information content (AvgIpc) is 2.45. The average molecular weight is 289 g/mol. The lowest BCUT2D eigenvalue weighted by atomic mass is 9.95. The molecule has 104 valence electrons. The highest BCUT2D eigenvalue weighted by Gasteiger charge is 2.19. The van der Waals surface area contributed by atoms with Gasteiger partial charge in [0.2, 0.25) is 5.91 Å². The highest BCUT2D eigenvalue weighted by atomic mass is 35.5. The van der Waals surface area contributed by atoms with Crippen LogP contribution in [0.1, 0.15) is 24.8 Å². The molecule has 0 saturated heterocycles. The molecule has 1 amide bonds. The molecule has 0 spiro atoms. The Morgan fingerprint density at radius 3 is 2.60 bits per heavy atom. The maximum Gasteiger partial charge on any atom is 0.231 e. The van der Waals surface area contributed by atoms with Crippen LogP contribution in [0.2, 0.25) is 5.02 Å². The molecule has 0 heterocycles. The van der Waals surface area contributed by atoms with E-state index in [1.165, 1.54) is 0 Å². The number of carbonyl (C=O) groups excluding carboxylic acids is 1. The summed E-state index contributed by atoms with van der Waals surface area (Å²) in [6, 6.07) is 14.7. The van der Waals surface area contributed by atoms with Crippen molar-refractivity contribution in [2.45, 2.75) is 19.3 Å². The molecule has 0 fully saturated rings. The second-order valence-electron chi connectivity index (χ2n) is 4.59. The minimum absolute atomic E-state index is 0.0762. The monoisotopic (exact) mass is 288 g/mol. The first-order chi connectivity index (χ1) is 9.61. The molecule has 3 N–H and O–H groups in total. The summed E-state index contributed by atoms with van der Waals surface area (Å²) >= 11 is 5.92. The van der Waals surface area contributed by atoms with Crippen molar-refractivity contribution in [3.63, 3.8) is 0 Å². The predicted molar refractivity (Wildman–Crippen MR) is 84.0 cm³/mol. The van der Waals surface area contributed by atoms with Gasteiger partial charge in [-0.05, 0) is 30.2 Å². The molecule has 0 aliphatic heterocycles. The Hall–Kier alpha value is -2.00. The predicted octanol–water partition coefficient (Wildman–Crippen LogP) is 4.05. The number of nitrogens with two attached hydrogens (primary N) is 1. The highest BCUT2D eigenvalue weighted by Crippen LogP contribution is 2.26. The van der Waals surface area contributed by atoms with Crippen LogP contribution in [0.15, 0.2) is 48.5 Å². The maximum atomic E-state index is 12.4. The first-order valence-electron chi connectivity index (χ1n) is 6.52. The molecule has 0 aliphatic carbocycles. The van der Waals surface area contributed by atoms with Gasteiger partial charge in [-0.15, -0.1) is 0 Å². The fraction of sp³-hybridized carbons (Fsp3) is 0.188. The van der Waals surface area contributed by atoms with Crippen molar-refractivity contribution in [2.75, 3.05) is 11.1 Å². The summed E-state index contributed by atoms with van der Waals surface area (Å²) in [6.45, 7) is 1.98. The summed E-state index contributed by atoms with van der Waals surface area (Å²) in [6.07, 6.45) is 0.719. The van der Waals surface area contributed by atoms with Gasteiger partial charge in [-0.2, -0.15) is 0 Å². The van der Waals surface area contributed by atoms with E-state index in [-0.39, 0.29) is 11.8 Å². The molecule has 0 aromatic heterocycles. The minimum atomic E-state index is -0.199. The van der Waals surface area contributed by atoms with E-state index in [2.05, 4.69) is 5.32 Å². The molecule has 3 nitrogen and oxygen atoms in total. The third-order valence-electron chi connectivity index (χ3n) is 3.20. The number of hydrogen-bond acceptors (Lipinski definition) is 2. The third-order valence-corrected chi connectivity index (χ3v) is 3.43. The molecular weight excluding hydrogens is 272 g/mol. The van der Waals surface area contributed by atoms with E-state index in [4.69, 9.17) is 17.3 Å². The lowest BCUT2D eigenvalue weighted by molar-refractivity contribution is -0.117. The van der Waals surface area contributed by atoms with Crippen LogP contribution in [0.25, 0.3) is 0 Å². The van der Waals surface area contributed by atoms with Crippen LogP contribution in [-0.4, -0.2) is 5.91 Å². The van der Waals surface area contributed by atoms with Crippen molar-refractivity contribution in [2.24, 2.45) is 0 Å². The summed E-state index contributed by atoms with van der Waals surface area (Å²) < 4.78 is 0. The van der Waals surface area contributed by atoms with Crippen LogP contribution >= 0.6 is 11.6 Å². The first kappa shape index (κ1) is 14.4. The van der Waals surface area contributed by atoms with E-state index in [1.54, 1.807) is 18.2 Å². The molecular formula is C16H17ClN2O. The SMILES string of the molecule is CCC(C(=O)Nc1cc(Cl)ccc1N)c1ccccc1. The molecule has 0 aliphatic rings. The van der Waals surface area contributed by atoms with Gasteiger partial charge in [0.15, 0.2) is 0 Å². The van der Waals surface area contributed by atoms with E-state index in [0.717, 1.165) is 12.0 Å². The maximum absolute atomic E-state index is 12.4. The Kier molecular flexibility index (Phi) is 4.64. The number of carbonyl (C=O) groups is 1. The summed E-state index contributed by atoms with van der Waals surface area (Å²) in [5, 5.41) is 3.40. The van der Waals surface area contributed by atoms with E-state index in [1.807, 2.05) is 37.3 Å². The summed E-state index contributed by atoms with van der Waals surface area (Å²) in [4.78, 5) is 12.4. The fourth-order valence-corrected chi connectivity index (χ4v) is 2.29. The van der Waals surface area contributed by atoms with Crippen molar-refractivity contribution in [3.05, 3.63) is 59.1 Å². The molecule has 0 bridgehead atoms. The second-order valence-corrected chi connectivity index (χ2v) is 5.03. The van der Waals surface area contributed by atoms with Crippen LogP contribution in [0, 0.1) is 0 Å². The van der Waals surface area contributed by atoms with Gasteiger partial charge >= 0.3 is 0 Å². The molecule has 20 heavy (non-hydrogen) atoms. The number of nitrogens with one attached hydrogen (secondary N) is 1.